The normalized spacial score (nSPS) is 13.7. The van der Waals surface area contributed by atoms with Gasteiger partial charge in [-0.3, -0.25) is 0 Å². The van der Waals surface area contributed by atoms with E-state index < -0.39 is 0 Å². The Morgan fingerprint density at radius 1 is 1.12 bits per heavy atom. The summed E-state index contributed by atoms with van der Waals surface area (Å²) in [5.41, 5.74) is 0. The van der Waals surface area contributed by atoms with Crippen LogP contribution in [-0.2, 0) is 0 Å². The molecule has 0 aliphatic heterocycles. The zero-order valence-electron chi connectivity index (χ0n) is 12.5. The van der Waals surface area contributed by atoms with Gasteiger partial charge in [0.1, 0.15) is 0 Å². The Hall–Kier alpha value is -0.300. The third-order valence-corrected chi connectivity index (χ3v) is 3.22. The minimum absolute atomic E-state index is 0.762. The second-order valence-corrected chi connectivity index (χ2v) is 5.51. The van der Waals surface area contributed by atoms with Crippen LogP contribution < -0.4 is 5.32 Å². The maximum atomic E-state index is 3.47. The van der Waals surface area contributed by atoms with E-state index in [2.05, 4.69) is 45.2 Å². The van der Waals surface area contributed by atoms with Crippen molar-refractivity contribution in [3.63, 3.8) is 0 Å². The second kappa shape index (κ2) is 12.2. The molecule has 0 aromatic carbocycles. The highest BCUT2D eigenvalue weighted by Gasteiger charge is 2.02. The molecule has 1 nitrogen and oxygen atoms in total. The van der Waals surface area contributed by atoms with Crippen molar-refractivity contribution in [3.05, 3.63) is 12.2 Å². The molecular formula is C16H33N. The molecule has 1 unspecified atom stereocenters. The van der Waals surface area contributed by atoms with Gasteiger partial charge in [0.05, 0.1) is 0 Å². The summed E-state index contributed by atoms with van der Waals surface area (Å²) in [7, 11) is 0. The Morgan fingerprint density at radius 3 is 2.47 bits per heavy atom. The van der Waals surface area contributed by atoms with Gasteiger partial charge in [-0.2, -0.15) is 0 Å². The van der Waals surface area contributed by atoms with E-state index in [1.807, 2.05) is 0 Å². The van der Waals surface area contributed by atoms with Crippen molar-refractivity contribution in [2.75, 3.05) is 13.1 Å². The maximum Gasteiger partial charge on any atom is -0.00142 e. The monoisotopic (exact) mass is 239 g/mol. The van der Waals surface area contributed by atoms with Crippen molar-refractivity contribution in [2.24, 2.45) is 11.8 Å². The summed E-state index contributed by atoms with van der Waals surface area (Å²) in [6, 6.07) is 0. The molecule has 0 fully saturated rings. The van der Waals surface area contributed by atoms with Crippen molar-refractivity contribution >= 4 is 0 Å². The summed E-state index contributed by atoms with van der Waals surface area (Å²) >= 11 is 0. The van der Waals surface area contributed by atoms with Gasteiger partial charge in [0, 0.05) is 0 Å². The summed E-state index contributed by atoms with van der Waals surface area (Å²) in [5, 5.41) is 3.47. The first kappa shape index (κ1) is 16.7. The standard InChI is InChI=1S/C16H33N/c1-5-7-11-16(6-2)12-9-8-10-13-17-14-15(3)4/h8-9,15-17H,5-7,10-14H2,1-4H3. The molecule has 0 spiro atoms. The minimum Gasteiger partial charge on any atom is -0.316 e. The number of hydrogen-bond acceptors (Lipinski definition) is 1. The summed E-state index contributed by atoms with van der Waals surface area (Å²) in [6.45, 7) is 11.4. The summed E-state index contributed by atoms with van der Waals surface area (Å²) in [6.07, 6.45) is 12.7. The average molecular weight is 239 g/mol. The number of hydrogen-bond donors (Lipinski definition) is 1. The predicted molar refractivity (Wildman–Crippen MR) is 79.4 cm³/mol. The van der Waals surface area contributed by atoms with Crippen LogP contribution in [0.3, 0.4) is 0 Å². The lowest BCUT2D eigenvalue weighted by Crippen LogP contribution is -2.20. The number of unbranched alkanes of at least 4 members (excludes halogenated alkanes) is 1. The van der Waals surface area contributed by atoms with Crippen LogP contribution >= 0.6 is 0 Å². The molecule has 0 aliphatic rings. The molecule has 1 N–H and O–H groups in total. The van der Waals surface area contributed by atoms with E-state index >= 15 is 0 Å². The van der Waals surface area contributed by atoms with Crippen molar-refractivity contribution in [1.29, 1.82) is 0 Å². The van der Waals surface area contributed by atoms with Crippen LogP contribution in [0.25, 0.3) is 0 Å². The van der Waals surface area contributed by atoms with Gasteiger partial charge in [0.25, 0.3) is 0 Å². The van der Waals surface area contributed by atoms with E-state index in [0.717, 1.165) is 24.9 Å². The van der Waals surface area contributed by atoms with E-state index in [1.165, 1.54) is 38.5 Å². The van der Waals surface area contributed by atoms with Crippen LogP contribution in [0.4, 0.5) is 0 Å². The van der Waals surface area contributed by atoms with Crippen LogP contribution in [-0.4, -0.2) is 13.1 Å². The number of allylic oxidation sites excluding steroid dienone is 1. The minimum atomic E-state index is 0.762. The third-order valence-electron chi connectivity index (χ3n) is 3.22. The predicted octanol–water partition coefficient (Wildman–Crippen LogP) is 4.78. The van der Waals surface area contributed by atoms with Crippen LogP contribution in [0, 0.1) is 11.8 Å². The lowest BCUT2D eigenvalue weighted by atomic mass is 9.95. The molecule has 0 bridgehead atoms. The van der Waals surface area contributed by atoms with E-state index in [-0.39, 0.29) is 0 Å². The largest absolute Gasteiger partial charge is 0.316 e. The highest BCUT2D eigenvalue weighted by atomic mass is 14.8. The zero-order valence-corrected chi connectivity index (χ0v) is 12.5. The molecule has 102 valence electrons. The van der Waals surface area contributed by atoms with Gasteiger partial charge < -0.3 is 5.32 Å². The molecule has 0 rings (SSSR count). The fourth-order valence-corrected chi connectivity index (χ4v) is 1.96. The average Bonchev–Trinajstić information content (AvgIpc) is 2.31. The summed E-state index contributed by atoms with van der Waals surface area (Å²) in [4.78, 5) is 0. The van der Waals surface area contributed by atoms with E-state index in [4.69, 9.17) is 0 Å². The molecule has 0 aromatic heterocycles. The smallest absolute Gasteiger partial charge is 0.00142 e. The summed E-state index contributed by atoms with van der Waals surface area (Å²) < 4.78 is 0. The van der Waals surface area contributed by atoms with Gasteiger partial charge in [-0.15, -0.1) is 0 Å². The van der Waals surface area contributed by atoms with E-state index in [9.17, 15) is 0 Å². The maximum absolute atomic E-state index is 3.47. The van der Waals surface area contributed by atoms with Crippen molar-refractivity contribution in [3.8, 4) is 0 Å². The number of rotatable bonds is 11. The molecule has 0 saturated carbocycles. The molecule has 0 saturated heterocycles. The molecule has 0 amide bonds. The van der Waals surface area contributed by atoms with Crippen LogP contribution in [0.1, 0.15) is 66.2 Å². The Labute approximate surface area is 109 Å². The van der Waals surface area contributed by atoms with Crippen molar-refractivity contribution < 1.29 is 0 Å². The van der Waals surface area contributed by atoms with Gasteiger partial charge in [-0.25, -0.2) is 0 Å². The first-order valence-electron chi connectivity index (χ1n) is 7.56. The molecule has 0 radical (unpaired) electrons. The van der Waals surface area contributed by atoms with Crippen molar-refractivity contribution in [2.45, 2.75) is 66.2 Å². The lowest BCUT2D eigenvalue weighted by molar-refractivity contribution is 0.456. The molecule has 0 aromatic rings. The van der Waals surface area contributed by atoms with Gasteiger partial charge in [0.2, 0.25) is 0 Å². The topological polar surface area (TPSA) is 12.0 Å². The molecule has 1 heteroatoms. The van der Waals surface area contributed by atoms with E-state index in [0.29, 0.717) is 0 Å². The quantitative estimate of drug-likeness (QED) is 0.404. The fraction of sp³-hybridized carbons (Fsp3) is 0.875. The third kappa shape index (κ3) is 12.0. The number of nitrogens with one attached hydrogen (secondary N) is 1. The Morgan fingerprint density at radius 2 is 1.88 bits per heavy atom. The second-order valence-electron chi connectivity index (χ2n) is 5.51. The molecular weight excluding hydrogens is 206 g/mol. The van der Waals surface area contributed by atoms with E-state index in [1.54, 1.807) is 0 Å². The first-order chi connectivity index (χ1) is 8.20. The fourth-order valence-electron chi connectivity index (χ4n) is 1.96. The Kier molecular flexibility index (Phi) is 12.0. The zero-order chi connectivity index (χ0) is 12.9. The Balaban J connectivity index is 3.43. The van der Waals surface area contributed by atoms with Crippen LogP contribution in [0.15, 0.2) is 12.2 Å². The molecule has 17 heavy (non-hydrogen) atoms. The van der Waals surface area contributed by atoms with Gasteiger partial charge in [0.15, 0.2) is 0 Å². The molecule has 0 aliphatic carbocycles. The van der Waals surface area contributed by atoms with Crippen LogP contribution in [0.5, 0.6) is 0 Å². The molecule has 0 heterocycles. The van der Waals surface area contributed by atoms with Crippen LogP contribution in [0.2, 0.25) is 0 Å². The van der Waals surface area contributed by atoms with Gasteiger partial charge >= 0.3 is 0 Å². The van der Waals surface area contributed by atoms with Gasteiger partial charge in [-0.1, -0.05) is 65.5 Å². The SMILES string of the molecule is CCCCC(CC)CC=CCCNCC(C)C. The highest BCUT2D eigenvalue weighted by molar-refractivity contribution is 4.84. The highest BCUT2D eigenvalue weighted by Crippen LogP contribution is 2.16. The Bertz CT molecular complexity index is 172. The lowest BCUT2D eigenvalue weighted by Gasteiger charge is -2.11. The first-order valence-corrected chi connectivity index (χ1v) is 7.56. The molecule has 1 atom stereocenters. The van der Waals surface area contributed by atoms with Gasteiger partial charge in [-0.05, 0) is 37.8 Å². The van der Waals surface area contributed by atoms with Crippen molar-refractivity contribution in [1.82, 2.24) is 5.32 Å². The summed E-state index contributed by atoms with van der Waals surface area (Å²) in [5.74, 6) is 1.67.